The highest BCUT2D eigenvalue weighted by molar-refractivity contribution is 5.78. The SMILES string of the molecule is COc1cc(O)c2c(c1)OCC2NC(=O)CO. The number of hydrogen-bond acceptors (Lipinski definition) is 5. The van der Waals surface area contributed by atoms with Crippen molar-refractivity contribution in [2.24, 2.45) is 0 Å². The molecule has 0 radical (unpaired) electrons. The van der Waals surface area contributed by atoms with Gasteiger partial charge in [-0.3, -0.25) is 4.79 Å². The highest BCUT2D eigenvalue weighted by Gasteiger charge is 2.29. The molecule has 6 nitrogen and oxygen atoms in total. The van der Waals surface area contributed by atoms with E-state index in [1.165, 1.54) is 13.2 Å². The fourth-order valence-electron chi connectivity index (χ4n) is 1.79. The summed E-state index contributed by atoms with van der Waals surface area (Å²) in [7, 11) is 1.49. The Morgan fingerprint density at radius 2 is 2.41 bits per heavy atom. The van der Waals surface area contributed by atoms with Gasteiger partial charge < -0.3 is 25.0 Å². The smallest absolute Gasteiger partial charge is 0.246 e. The molecule has 3 N–H and O–H groups in total. The maximum Gasteiger partial charge on any atom is 0.246 e. The maximum absolute atomic E-state index is 11.1. The van der Waals surface area contributed by atoms with Crippen LogP contribution in [0.5, 0.6) is 17.2 Å². The van der Waals surface area contributed by atoms with Crippen LogP contribution in [-0.4, -0.2) is 36.4 Å². The minimum atomic E-state index is -0.594. The predicted molar refractivity (Wildman–Crippen MR) is 58.1 cm³/mol. The second-order valence-electron chi connectivity index (χ2n) is 3.65. The molecule has 0 aromatic heterocycles. The average Bonchev–Trinajstić information content (AvgIpc) is 2.72. The van der Waals surface area contributed by atoms with Crippen molar-refractivity contribution >= 4 is 5.91 Å². The van der Waals surface area contributed by atoms with E-state index in [2.05, 4.69) is 5.32 Å². The predicted octanol–water partition coefficient (Wildman–Crippen LogP) is -0.0572. The van der Waals surface area contributed by atoms with Gasteiger partial charge in [0.1, 0.15) is 30.5 Å². The molecule has 1 atom stereocenters. The van der Waals surface area contributed by atoms with E-state index in [-0.39, 0.29) is 12.4 Å². The number of rotatable bonds is 3. The molecule has 1 aromatic rings. The second kappa shape index (κ2) is 4.50. The summed E-state index contributed by atoms with van der Waals surface area (Å²) < 4.78 is 10.3. The van der Waals surface area contributed by atoms with Crippen LogP contribution in [0.25, 0.3) is 0 Å². The van der Waals surface area contributed by atoms with Gasteiger partial charge in [-0.15, -0.1) is 0 Å². The zero-order valence-electron chi connectivity index (χ0n) is 9.27. The summed E-state index contributed by atoms with van der Waals surface area (Å²) in [5.74, 6) is 0.447. The monoisotopic (exact) mass is 239 g/mol. The van der Waals surface area contributed by atoms with Crippen LogP contribution in [-0.2, 0) is 4.79 Å². The van der Waals surface area contributed by atoms with Crippen molar-refractivity contribution in [2.45, 2.75) is 6.04 Å². The fourth-order valence-corrected chi connectivity index (χ4v) is 1.79. The lowest BCUT2D eigenvalue weighted by Gasteiger charge is -2.12. The second-order valence-corrected chi connectivity index (χ2v) is 3.65. The third-order valence-electron chi connectivity index (χ3n) is 2.56. The molecule has 0 saturated heterocycles. The molecule has 1 aliphatic rings. The number of phenolic OH excluding ortho intramolecular Hbond substituents is 1. The normalized spacial score (nSPS) is 17.2. The number of carbonyl (C=O) groups excluding carboxylic acids is 1. The lowest BCUT2D eigenvalue weighted by Crippen LogP contribution is -2.31. The van der Waals surface area contributed by atoms with Crippen LogP contribution in [0, 0.1) is 0 Å². The van der Waals surface area contributed by atoms with Crippen LogP contribution in [0.15, 0.2) is 12.1 Å². The van der Waals surface area contributed by atoms with Gasteiger partial charge in [0.15, 0.2) is 0 Å². The van der Waals surface area contributed by atoms with Gasteiger partial charge in [-0.2, -0.15) is 0 Å². The number of phenols is 1. The summed E-state index contributed by atoms with van der Waals surface area (Å²) in [4.78, 5) is 11.1. The van der Waals surface area contributed by atoms with Crippen LogP contribution in [0.2, 0.25) is 0 Å². The molecule has 6 heteroatoms. The van der Waals surface area contributed by atoms with Gasteiger partial charge in [0.2, 0.25) is 5.91 Å². The first-order valence-electron chi connectivity index (χ1n) is 5.09. The quantitative estimate of drug-likeness (QED) is 0.688. The maximum atomic E-state index is 11.1. The summed E-state index contributed by atoms with van der Waals surface area (Å²) >= 11 is 0. The first-order valence-corrected chi connectivity index (χ1v) is 5.09. The lowest BCUT2D eigenvalue weighted by molar-refractivity contribution is -0.124. The molecule has 92 valence electrons. The molecular weight excluding hydrogens is 226 g/mol. The third-order valence-corrected chi connectivity index (χ3v) is 2.56. The van der Waals surface area contributed by atoms with E-state index >= 15 is 0 Å². The Morgan fingerprint density at radius 1 is 1.65 bits per heavy atom. The van der Waals surface area contributed by atoms with Crippen LogP contribution in [0.4, 0.5) is 0 Å². The topological polar surface area (TPSA) is 88.0 Å². The highest BCUT2D eigenvalue weighted by Crippen LogP contribution is 2.41. The van der Waals surface area contributed by atoms with Crippen molar-refractivity contribution in [3.63, 3.8) is 0 Å². The summed E-state index contributed by atoms with van der Waals surface area (Å²) in [6.07, 6.45) is 0. The summed E-state index contributed by atoms with van der Waals surface area (Å²) in [5.41, 5.74) is 0.507. The van der Waals surface area contributed by atoms with Crippen molar-refractivity contribution < 1.29 is 24.5 Å². The Kier molecular flexibility index (Phi) is 3.06. The summed E-state index contributed by atoms with van der Waals surface area (Å²) in [6, 6.07) is 2.64. The van der Waals surface area contributed by atoms with Crippen molar-refractivity contribution in [1.29, 1.82) is 0 Å². The molecule has 1 aliphatic heterocycles. The van der Waals surface area contributed by atoms with Gasteiger partial charge in [0.25, 0.3) is 0 Å². The minimum Gasteiger partial charge on any atom is -0.507 e. The molecule has 1 unspecified atom stereocenters. The van der Waals surface area contributed by atoms with Crippen molar-refractivity contribution in [1.82, 2.24) is 5.32 Å². The number of aliphatic hydroxyl groups excluding tert-OH is 1. The Balaban J connectivity index is 2.28. The molecule has 0 fully saturated rings. The first kappa shape index (κ1) is 11.5. The molecule has 1 amide bonds. The zero-order chi connectivity index (χ0) is 12.4. The molecule has 0 spiro atoms. The number of ether oxygens (including phenoxy) is 2. The van der Waals surface area contributed by atoms with Gasteiger partial charge >= 0.3 is 0 Å². The molecular formula is C11H13NO5. The number of carbonyl (C=O) groups is 1. The average molecular weight is 239 g/mol. The standard InChI is InChI=1S/C11H13NO5/c1-16-6-2-8(14)11-7(12-10(15)4-13)5-17-9(11)3-6/h2-3,7,13-14H,4-5H2,1H3,(H,12,15). The van der Waals surface area contributed by atoms with E-state index < -0.39 is 18.6 Å². The van der Waals surface area contributed by atoms with Gasteiger partial charge in [0.05, 0.1) is 18.7 Å². The van der Waals surface area contributed by atoms with E-state index in [1.54, 1.807) is 6.07 Å². The van der Waals surface area contributed by atoms with Gasteiger partial charge in [0, 0.05) is 12.1 Å². The van der Waals surface area contributed by atoms with E-state index in [4.69, 9.17) is 14.6 Å². The zero-order valence-corrected chi connectivity index (χ0v) is 9.27. The molecule has 0 aliphatic carbocycles. The van der Waals surface area contributed by atoms with Crippen molar-refractivity contribution in [3.8, 4) is 17.2 Å². The number of hydrogen-bond donors (Lipinski definition) is 3. The highest BCUT2D eigenvalue weighted by atomic mass is 16.5. The molecule has 0 bridgehead atoms. The fraction of sp³-hybridized carbons (Fsp3) is 0.364. The first-order chi connectivity index (χ1) is 8.15. The van der Waals surface area contributed by atoms with E-state index in [0.717, 1.165) is 0 Å². The van der Waals surface area contributed by atoms with Gasteiger partial charge in [-0.25, -0.2) is 0 Å². The van der Waals surface area contributed by atoms with Crippen LogP contribution < -0.4 is 14.8 Å². The van der Waals surface area contributed by atoms with Crippen LogP contribution >= 0.6 is 0 Å². The van der Waals surface area contributed by atoms with Gasteiger partial charge in [-0.05, 0) is 0 Å². The van der Waals surface area contributed by atoms with Crippen LogP contribution in [0.1, 0.15) is 11.6 Å². The largest absolute Gasteiger partial charge is 0.507 e. The van der Waals surface area contributed by atoms with E-state index in [1.807, 2.05) is 0 Å². The molecule has 1 heterocycles. The number of methoxy groups -OCH3 is 1. The minimum absolute atomic E-state index is 0.0000831. The Labute approximate surface area is 97.8 Å². The number of nitrogens with one attached hydrogen (secondary N) is 1. The number of aliphatic hydroxyl groups is 1. The molecule has 0 saturated carbocycles. The summed E-state index contributed by atoms with van der Waals surface area (Å²) in [6.45, 7) is -0.370. The molecule has 17 heavy (non-hydrogen) atoms. The van der Waals surface area contributed by atoms with Crippen LogP contribution in [0.3, 0.4) is 0 Å². The van der Waals surface area contributed by atoms with Crippen molar-refractivity contribution in [3.05, 3.63) is 17.7 Å². The Bertz CT molecular complexity index is 446. The molecule has 2 rings (SSSR count). The number of fused-ring (bicyclic) bond motifs is 1. The van der Waals surface area contributed by atoms with E-state index in [0.29, 0.717) is 17.1 Å². The Hall–Kier alpha value is -1.95. The molecule has 1 aromatic carbocycles. The van der Waals surface area contributed by atoms with Crippen molar-refractivity contribution in [2.75, 3.05) is 20.3 Å². The number of benzene rings is 1. The third kappa shape index (κ3) is 2.12. The van der Waals surface area contributed by atoms with Gasteiger partial charge in [-0.1, -0.05) is 0 Å². The Morgan fingerprint density at radius 3 is 3.06 bits per heavy atom. The number of aromatic hydroxyl groups is 1. The number of amides is 1. The van der Waals surface area contributed by atoms with E-state index in [9.17, 15) is 9.90 Å². The summed E-state index contributed by atoms with van der Waals surface area (Å²) in [5, 5.41) is 21.0. The lowest BCUT2D eigenvalue weighted by atomic mass is 10.1.